The first-order valence-electron chi connectivity index (χ1n) is 10.3. The number of para-hydroxylation sites is 1. The van der Waals surface area contributed by atoms with Crippen LogP contribution in [-0.4, -0.2) is 19.7 Å². The molecule has 4 aromatic carbocycles. The van der Waals surface area contributed by atoms with E-state index in [1.54, 1.807) is 6.33 Å². The topological polar surface area (TPSA) is 56.7 Å². The molecule has 161 valence electrons. The van der Waals surface area contributed by atoms with Crippen LogP contribution in [0, 0.1) is 6.07 Å². The van der Waals surface area contributed by atoms with E-state index in [4.69, 9.17) is 4.42 Å². The molecule has 0 amide bonds. The van der Waals surface area contributed by atoms with Crippen LogP contribution in [0.25, 0.3) is 50.4 Å². The van der Waals surface area contributed by atoms with Crippen LogP contribution in [0.2, 0.25) is 0 Å². The molecule has 0 atom stereocenters. The largest absolute Gasteiger partial charge is 0.464 e. The zero-order valence-corrected chi connectivity index (χ0v) is 19.7. The quantitative estimate of drug-likeness (QED) is 0.225. The monoisotopic (exact) mass is 606 g/mol. The van der Waals surface area contributed by atoms with Gasteiger partial charge < -0.3 is 4.42 Å². The average molecular weight is 606 g/mol. The number of nitrogens with zero attached hydrogens (tertiary/aromatic N) is 4. The van der Waals surface area contributed by atoms with Crippen molar-refractivity contribution in [2.45, 2.75) is 0 Å². The zero-order valence-electron chi connectivity index (χ0n) is 17.3. The van der Waals surface area contributed by atoms with Gasteiger partial charge in [-0.15, -0.1) is 12.1 Å². The van der Waals surface area contributed by atoms with Crippen molar-refractivity contribution < 1.29 is 24.5 Å². The first kappa shape index (κ1) is 21.0. The van der Waals surface area contributed by atoms with E-state index in [-0.39, 0.29) is 20.1 Å². The third-order valence-electron chi connectivity index (χ3n) is 5.48. The number of rotatable bonds is 4. The Morgan fingerprint density at radius 1 is 0.727 bits per heavy atom. The third kappa shape index (κ3) is 3.69. The van der Waals surface area contributed by atoms with E-state index in [0.717, 1.165) is 33.5 Å². The molecule has 6 rings (SSSR count). The molecule has 0 N–H and O–H groups in total. The zero-order chi connectivity index (χ0) is 21.3. The minimum atomic E-state index is 0. The summed E-state index contributed by atoms with van der Waals surface area (Å²) < 4.78 is 7.38. The van der Waals surface area contributed by atoms with E-state index < -0.39 is 0 Å². The molecule has 6 heteroatoms. The van der Waals surface area contributed by atoms with Gasteiger partial charge in [0, 0.05) is 36.7 Å². The van der Waals surface area contributed by atoms with Crippen LogP contribution in [0.3, 0.4) is 0 Å². The van der Waals surface area contributed by atoms with Gasteiger partial charge in [-0.1, -0.05) is 90.5 Å². The first-order valence-corrected chi connectivity index (χ1v) is 10.3. The summed E-state index contributed by atoms with van der Waals surface area (Å²) in [4.78, 5) is 8.99. The van der Waals surface area contributed by atoms with Crippen LogP contribution in [0.15, 0.2) is 108 Å². The molecule has 0 saturated carbocycles. The molecule has 0 aliphatic carbocycles. The van der Waals surface area contributed by atoms with Gasteiger partial charge in [0.25, 0.3) is 0 Å². The van der Waals surface area contributed by atoms with Crippen LogP contribution in [0.5, 0.6) is 0 Å². The van der Waals surface area contributed by atoms with Crippen molar-refractivity contribution in [1.29, 1.82) is 0 Å². The predicted octanol–water partition coefficient (Wildman–Crippen LogP) is 6.21. The number of benzene rings is 4. The number of oxazole rings is 1. The summed E-state index contributed by atoms with van der Waals surface area (Å²) >= 11 is 0. The van der Waals surface area contributed by atoms with Crippen LogP contribution in [0.4, 0.5) is 0 Å². The van der Waals surface area contributed by atoms with Gasteiger partial charge in [0.2, 0.25) is 0 Å². The molecule has 0 aliphatic rings. The van der Waals surface area contributed by atoms with Gasteiger partial charge in [0.15, 0.2) is 6.39 Å². The average Bonchev–Trinajstić information content (AvgIpc) is 3.54. The van der Waals surface area contributed by atoms with Crippen molar-refractivity contribution in [3.05, 3.63) is 110 Å². The summed E-state index contributed by atoms with van der Waals surface area (Å²) in [6.45, 7) is 0. The van der Waals surface area contributed by atoms with Crippen molar-refractivity contribution in [3.63, 3.8) is 0 Å². The smallest absolute Gasteiger partial charge is 0.170 e. The maximum atomic E-state index is 5.50. The van der Waals surface area contributed by atoms with E-state index in [1.165, 1.54) is 6.39 Å². The second-order valence-electron chi connectivity index (χ2n) is 7.35. The second-order valence-corrected chi connectivity index (χ2v) is 7.35. The van der Waals surface area contributed by atoms with Gasteiger partial charge in [-0.2, -0.15) is 5.10 Å². The molecule has 1 radical (unpaired) electrons. The molecule has 2 aromatic heterocycles. The Bertz CT molecular complexity index is 1470. The molecule has 0 saturated heterocycles. The summed E-state index contributed by atoms with van der Waals surface area (Å²) in [6, 6.07) is 33.9. The van der Waals surface area contributed by atoms with E-state index in [0.29, 0.717) is 16.9 Å². The Kier molecular flexibility index (Phi) is 5.69. The summed E-state index contributed by atoms with van der Waals surface area (Å²) in [5.41, 5.74) is 7.42. The van der Waals surface area contributed by atoms with E-state index in [2.05, 4.69) is 63.6 Å². The van der Waals surface area contributed by atoms with Crippen LogP contribution in [-0.2, 0) is 20.1 Å². The van der Waals surface area contributed by atoms with Crippen molar-refractivity contribution in [2.24, 2.45) is 0 Å². The Labute approximate surface area is 204 Å². The Balaban J connectivity index is 0.00000228. The normalized spacial score (nSPS) is 10.8. The molecular weight excluding hydrogens is 589 g/mol. The number of hydrogen-bond acceptors (Lipinski definition) is 4. The predicted molar refractivity (Wildman–Crippen MR) is 124 cm³/mol. The molecule has 0 unspecified atom stereocenters. The van der Waals surface area contributed by atoms with Crippen molar-refractivity contribution in [3.8, 4) is 39.3 Å². The minimum Gasteiger partial charge on any atom is -0.464 e. The van der Waals surface area contributed by atoms with Gasteiger partial charge >= 0.3 is 0 Å². The van der Waals surface area contributed by atoms with Crippen molar-refractivity contribution in [2.75, 3.05) is 0 Å². The first-order chi connectivity index (χ1) is 15.9. The fourth-order valence-corrected chi connectivity index (χ4v) is 4.05. The standard InChI is InChI=1S/C27H17N4O.Ir/c1-3-9-19(10-4-1)21-13-7-14-22(20-11-5-2-6-12-20)26(21)31-27(28-17-30-31)23-15-8-16-24-25(23)29-18-32-24;/h1-14,16-18H;/q-1;. The molecule has 33 heavy (non-hydrogen) atoms. The molecular formula is C27H17IrN4O-. The third-order valence-corrected chi connectivity index (χ3v) is 5.48. The van der Waals surface area contributed by atoms with Gasteiger partial charge in [-0.05, 0) is 11.1 Å². The van der Waals surface area contributed by atoms with Gasteiger partial charge in [0.1, 0.15) is 6.33 Å². The Hall–Kier alpha value is -3.86. The van der Waals surface area contributed by atoms with Crippen molar-refractivity contribution >= 4 is 11.1 Å². The fraction of sp³-hybridized carbons (Fsp3) is 0. The molecule has 0 bridgehead atoms. The SMILES string of the molecule is [Ir].[c-]1ccc2ocnc2c1-c1ncnn1-c1c(-c2ccccc2)cccc1-c1ccccc1. The summed E-state index contributed by atoms with van der Waals surface area (Å²) in [7, 11) is 0. The van der Waals surface area contributed by atoms with E-state index in [1.807, 2.05) is 53.2 Å². The van der Waals surface area contributed by atoms with E-state index in [9.17, 15) is 0 Å². The molecule has 0 spiro atoms. The summed E-state index contributed by atoms with van der Waals surface area (Å²) in [5.74, 6) is 0.657. The molecule has 0 fully saturated rings. The fourth-order valence-electron chi connectivity index (χ4n) is 4.05. The summed E-state index contributed by atoms with van der Waals surface area (Å²) in [5, 5.41) is 4.65. The molecule has 0 aliphatic heterocycles. The van der Waals surface area contributed by atoms with Crippen LogP contribution < -0.4 is 0 Å². The van der Waals surface area contributed by atoms with Gasteiger partial charge in [-0.25, -0.2) is 0 Å². The Morgan fingerprint density at radius 2 is 1.39 bits per heavy atom. The molecule has 2 heterocycles. The molecule has 5 nitrogen and oxygen atoms in total. The van der Waals surface area contributed by atoms with E-state index >= 15 is 0 Å². The number of fused-ring (bicyclic) bond motifs is 1. The maximum absolute atomic E-state index is 5.50. The van der Waals surface area contributed by atoms with Crippen molar-refractivity contribution in [1.82, 2.24) is 19.7 Å². The number of hydrogen-bond donors (Lipinski definition) is 0. The van der Waals surface area contributed by atoms with Gasteiger partial charge in [0.05, 0.1) is 17.1 Å². The molecule has 6 aromatic rings. The van der Waals surface area contributed by atoms with Crippen LogP contribution in [0.1, 0.15) is 0 Å². The summed E-state index contributed by atoms with van der Waals surface area (Å²) in [6.07, 6.45) is 3.01. The van der Waals surface area contributed by atoms with Crippen LogP contribution >= 0.6 is 0 Å². The van der Waals surface area contributed by atoms with Gasteiger partial charge in [-0.3, -0.25) is 14.6 Å². The Morgan fingerprint density at radius 3 is 2.06 bits per heavy atom. The second kappa shape index (κ2) is 8.94. The number of aromatic nitrogens is 4. The minimum absolute atomic E-state index is 0. The maximum Gasteiger partial charge on any atom is 0.170 e.